The zero-order valence-electron chi connectivity index (χ0n) is 15.9. The van der Waals surface area contributed by atoms with Crippen molar-refractivity contribution in [3.05, 3.63) is 35.9 Å². The average molecular weight is 376 g/mol. The molecule has 1 aliphatic rings. The molecule has 27 heavy (non-hydrogen) atoms. The second kappa shape index (κ2) is 10.1. The van der Waals surface area contributed by atoms with Crippen molar-refractivity contribution in [3.63, 3.8) is 0 Å². The van der Waals surface area contributed by atoms with E-state index >= 15 is 0 Å². The van der Waals surface area contributed by atoms with E-state index in [1.807, 2.05) is 30.3 Å². The van der Waals surface area contributed by atoms with Crippen molar-refractivity contribution in [1.29, 1.82) is 0 Å². The number of benzene rings is 1. The van der Waals surface area contributed by atoms with E-state index in [4.69, 9.17) is 4.74 Å². The van der Waals surface area contributed by atoms with Crippen LogP contribution < -0.4 is 5.32 Å². The molecule has 3 atom stereocenters. The van der Waals surface area contributed by atoms with E-state index < -0.39 is 30.1 Å². The molecule has 1 aromatic carbocycles. The summed E-state index contributed by atoms with van der Waals surface area (Å²) < 4.78 is 5.14. The lowest BCUT2D eigenvalue weighted by Gasteiger charge is -2.27. The van der Waals surface area contributed by atoms with Crippen molar-refractivity contribution in [1.82, 2.24) is 10.2 Å². The number of carboxylic acid groups (broad SMARTS) is 1. The van der Waals surface area contributed by atoms with Gasteiger partial charge in [-0.15, -0.1) is 0 Å². The Bertz CT molecular complexity index is 649. The number of carbonyl (C=O) groups is 3. The van der Waals surface area contributed by atoms with Gasteiger partial charge in [-0.2, -0.15) is 0 Å². The Morgan fingerprint density at radius 1 is 1.30 bits per heavy atom. The number of nitrogens with zero attached hydrogens (tertiary/aromatic N) is 1. The molecule has 1 saturated heterocycles. The van der Waals surface area contributed by atoms with Crippen molar-refractivity contribution in [2.75, 3.05) is 13.2 Å². The van der Waals surface area contributed by atoms with Gasteiger partial charge in [0, 0.05) is 6.54 Å². The number of esters is 1. The molecule has 0 aliphatic carbocycles. The Morgan fingerprint density at radius 3 is 2.63 bits per heavy atom. The second-order valence-corrected chi connectivity index (χ2v) is 6.75. The number of rotatable bonds is 9. The van der Waals surface area contributed by atoms with Crippen molar-refractivity contribution in [2.45, 2.75) is 57.7 Å². The first-order valence-corrected chi connectivity index (χ1v) is 9.44. The molecule has 1 aliphatic heterocycles. The first-order valence-electron chi connectivity index (χ1n) is 9.44. The quantitative estimate of drug-likeness (QED) is 0.636. The molecule has 1 aromatic rings. The maximum atomic E-state index is 12.7. The molecule has 1 fully saturated rings. The molecule has 0 saturated carbocycles. The van der Waals surface area contributed by atoms with Crippen LogP contribution in [-0.2, 0) is 25.5 Å². The van der Waals surface area contributed by atoms with E-state index in [1.54, 1.807) is 13.8 Å². The second-order valence-electron chi connectivity index (χ2n) is 6.75. The SMILES string of the molecule is CCOC(=O)[C@@H](CCc1ccccc1)N[C@H](C)C(=O)N1CCC[C@@H]1C(=O)O. The van der Waals surface area contributed by atoms with Crippen LogP contribution in [0.3, 0.4) is 0 Å². The van der Waals surface area contributed by atoms with Gasteiger partial charge in [0.15, 0.2) is 0 Å². The van der Waals surface area contributed by atoms with Gasteiger partial charge in [-0.05, 0) is 45.1 Å². The number of aliphatic carboxylic acids is 1. The summed E-state index contributed by atoms with van der Waals surface area (Å²) in [5.41, 5.74) is 1.10. The fourth-order valence-electron chi connectivity index (χ4n) is 3.38. The molecule has 0 aromatic heterocycles. The largest absolute Gasteiger partial charge is 0.480 e. The fraction of sp³-hybridized carbons (Fsp3) is 0.550. The third kappa shape index (κ3) is 5.79. The van der Waals surface area contributed by atoms with Gasteiger partial charge in [-0.3, -0.25) is 14.9 Å². The minimum Gasteiger partial charge on any atom is -0.480 e. The summed E-state index contributed by atoms with van der Waals surface area (Å²) in [5, 5.41) is 12.3. The Labute approximate surface area is 159 Å². The van der Waals surface area contributed by atoms with Crippen LogP contribution in [-0.4, -0.2) is 59.1 Å². The first-order chi connectivity index (χ1) is 12.9. The molecule has 7 nitrogen and oxygen atoms in total. The lowest BCUT2D eigenvalue weighted by molar-refractivity contribution is -0.150. The van der Waals surface area contributed by atoms with E-state index in [9.17, 15) is 19.5 Å². The van der Waals surface area contributed by atoms with Crippen LogP contribution in [0.4, 0.5) is 0 Å². The van der Waals surface area contributed by atoms with Crippen LogP contribution in [0.5, 0.6) is 0 Å². The molecular weight excluding hydrogens is 348 g/mol. The highest BCUT2D eigenvalue weighted by molar-refractivity contribution is 5.88. The number of likely N-dealkylation sites (tertiary alicyclic amines) is 1. The molecular formula is C20H28N2O5. The van der Waals surface area contributed by atoms with Gasteiger partial charge in [0.05, 0.1) is 12.6 Å². The molecule has 0 radical (unpaired) electrons. The summed E-state index contributed by atoms with van der Waals surface area (Å²) in [6.07, 6.45) is 2.29. The van der Waals surface area contributed by atoms with Crippen molar-refractivity contribution >= 4 is 17.8 Å². The minimum absolute atomic E-state index is 0.262. The zero-order chi connectivity index (χ0) is 19.8. The molecule has 1 heterocycles. The van der Waals surface area contributed by atoms with Gasteiger partial charge in [0.25, 0.3) is 0 Å². The van der Waals surface area contributed by atoms with Gasteiger partial charge in [0.2, 0.25) is 5.91 Å². The van der Waals surface area contributed by atoms with Crippen molar-refractivity contribution in [2.24, 2.45) is 0 Å². The summed E-state index contributed by atoms with van der Waals surface area (Å²) in [4.78, 5) is 37.7. The predicted octanol–water partition coefficient (Wildman–Crippen LogP) is 1.60. The van der Waals surface area contributed by atoms with Gasteiger partial charge in [-0.25, -0.2) is 4.79 Å². The molecule has 0 bridgehead atoms. The molecule has 2 N–H and O–H groups in total. The smallest absolute Gasteiger partial charge is 0.326 e. The monoisotopic (exact) mass is 376 g/mol. The molecule has 7 heteroatoms. The van der Waals surface area contributed by atoms with Gasteiger partial charge in [0.1, 0.15) is 12.1 Å². The Morgan fingerprint density at radius 2 is 2.00 bits per heavy atom. The summed E-state index contributed by atoms with van der Waals surface area (Å²) in [7, 11) is 0. The maximum absolute atomic E-state index is 12.7. The summed E-state index contributed by atoms with van der Waals surface area (Å²) in [6.45, 7) is 4.09. The number of hydrogen-bond donors (Lipinski definition) is 2. The summed E-state index contributed by atoms with van der Waals surface area (Å²) in [5.74, 6) is -1.68. The topological polar surface area (TPSA) is 95.9 Å². The average Bonchev–Trinajstić information content (AvgIpc) is 3.15. The highest BCUT2D eigenvalue weighted by atomic mass is 16.5. The van der Waals surface area contributed by atoms with Crippen LogP contribution in [0.15, 0.2) is 30.3 Å². The highest BCUT2D eigenvalue weighted by Gasteiger charge is 2.36. The Balaban J connectivity index is 2.01. The number of aryl methyl sites for hydroxylation is 1. The number of carbonyl (C=O) groups excluding carboxylic acids is 2. The van der Waals surface area contributed by atoms with E-state index in [1.165, 1.54) is 4.90 Å². The minimum atomic E-state index is -0.987. The normalized spacial score (nSPS) is 18.7. The van der Waals surface area contributed by atoms with Crippen LogP contribution in [0, 0.1) is 0 Å². The van der Waals surface area contributed by atoms with Gasteiger partial charge in [-0.1, -0.05) is 30.3 Å². The highest BCUT2D eigenvalue weighted by Crippen LogP contribution is 2.19. The lowest BCUT2D eigenvalue weighted by Crippen LogP contribution is -2.53. The van der Waals surface area contributed by atoms with Crippen molar-refractivity contribution < 1.29 is 24.2 Å². The van der Waals surface area contributed by atoms with E-state index in [2.05, 4.69) is 5.32 Å². The standard InChI is InChI=1S/C20H28N2O5/c1-3-27-20(26)16(12-11-15-8-5-4-6-9-15)21-14(2)18(23)22-13-7-10-17(22)19(24)25/h4-6,8-9,14,16-17,21H,3,7,10-13H2,1-2H3,(H,24,25)/t14-,16-,17-/m1/s1. The molecule has 2 rings (SSSR count). The van der Waals surface area contributed by atoms with Crippen LogP contribution in [0.2, 0.25) is 0 Å². The summed E-state index contributed by atoms with van der Waals surface area (Å²) >= 11 is 0. The van der Waals surface area contributed by atoms with E-state index in [0.717, 1.165) is 5.56 Å². The van der Waals surface area contributed by atoms with Crippen LogP contribution in [0.1, 0.15) is 38.7 Å². The molecule has 148 valence electrons. The third-order valence-electron chi connectivity index (χ3n) is 4.78. The van der Waals surface area contributed by atoms with Crippen molar-refractivity contribution in [3.8, 4) is 0 Å². The number of hydrogen-bond acceptors (Lipinski definition) is 5. The number of carboxylic acids is 1. The van der Waals surface area contributed by atoms with Gasteiger partial charge < -0.3 is 14.7 Å². The summed E-state index contributed by atoms with van der Waals surface area (Å²) in [6, 6.07) is 7.69. The Kier molecular flexibility index (Phi) is 7.79. The van der Waals surface area contributed by atoms with E-state index in [0.29, 0.717) is 32.2 Å². The first kappa shape index (κ1) is 20.9. The van der Waals surface area contributed by atoms with Gasteiger partial charge >= 0.3 is 11.9 Å². The molecule has 0 spiro atoms. The molecule has 1 amide bonds. The lowest BCUT2D eigenvalue weighted by atomic mass is 10.0. The van der Waals surface area contributed by atoms with E-state index in [-0.39, 0.29) is 12.5 Å². The number of ether oxygens (including phenoxy) is 1. The fourth-order valence-corrected chi connectivity index (χ4v) is 3.38. The zero-order valence-corrected chi connectivity index (χ0v) is 15.9. The maximum Gasteiger partial charge on any atom is 0.326 e. The predicted molar refractivity (Wildman–Crippen MR) is 100 cm³/mol. The Hall–Kier alpha value is -2.41. The van der Waals surface area contributed by atoms with Crippen LogP contribution >= 0.6 is 0 Å². The number of amides is 1. The number of nitrogens with one attached hydrogen (secondary N) is 1. The third-order valence-corrected chi connectivity index (χ3v) is 4.78. The van der Waals surface area contributed by atoms with Crippen LogP contribution in [0.25, 0.3) is 0 Å². The molecule has 0 unspecified atom stereocenters.